The van der Waals surface area contributed by atoms with E-state index in [9.17, 15) is 9.90 Å². The molecule has 17 heavy (non-hydrogen) atoms. The van der Waals surface area contributed by atoms with E-state index in [0.29, 0.717) is 6.54 Å². The number of phenols is 1. The zero-order chi connectivity index (χ0) is 13.0. The van der Waals surface area contributed by atoms with Gasteiger partial charge in [0.15, 0.2) is 0 Å². The van der Waals surface area contributed by atoms with Gasteiger partial charge in [-0.3, -0.25) is 4.79 Å². The molecule has 0 aliphatic heterocycles. The van der Waals surface area contributed by atoms with Crippen LogP contribution in [0.25, 0.3) is 0 Å². The number of hydrogen-bond donors (Lipinski definition) is 2. The second-order valence-electron chi connectivity index (χ2n) is 4.59. The quantitative estimate of drug-likeness (QED) is 0.829. The molecule has 0 saturated heterocycles. The van der Waals surface area contributed by atoms with Crippen LogP contribution in [-0.4, -0.2) is 29.0 Å². The monoisotopic (exact) mass is 236 g/mol. The fourth-order valence-electron chi connectivity index (χ4n) is 1.52. The third kappa shape index (κ3) is 3.46. The normalized spacial score (nSPS) is 12.5. The van der Waals surface area contributed by atoms with Gasteiger partial charge in [-0.2, -0.15) is 0 Å². The number of amides is 1. The lowest BCUT2D eigenvalue weighted by Gasteiger charge is -2.23. The second kappa shape index (κ2) is 5.68. The molecule has 0 fully saturated rings. The van der Waals surface area contributed by atoms with Crippen LogP contribution < -0.4 is 5.73 Å². The predicted octanol–water partition coefficient (Wildman–Crippen LogP) is 1.33. The van der Waals surface area contributed by atoms with Gasteiger partial charge in [-0.1, -0.05) is 32.0 Å². The Labute approximate surface area is 102 Å². The minimum absolute atomic E-state index is 0.106. The summed E-state index contributed by atoms with van der Waals surface area (Å²) in [5, 5.41) is 9.62. The fourth-order valence-corrected chi connectivity index (χ4v) is 1.52. The van der Waals surface area contributed by atoms with Crippen LogP contribution in [0, 0.1) is 5.92 Å². The summed E-state index contributed by atoms with van der Waals surface area (Å²) >= 11 is 0. The molecule has 1 aromatic rings. The van der Waals surface area contributed by atoms with Gasteiger partial charge < -0.3 is 15.7 Å². The lowest BCUT2D eigenvalue weighted by atomic mass is 10.0. The molecule has 3 N–H and O–H groups in total. The zero-order valence-corrected chi connectivity index (χ0v) is 10.6. The molecule has 0 unspecified atom stereocenters. The number of benzene rings is 1. The molecule has 0 saturated carbocycles. The number of nitrogens with zero attached hydrogens (tertiary/aromatic N) is 1. The summed E-state index contributed by atoms with van der Waals surface area (Å²) in [7, 11) is 1.69. The Bertz CT molecular complexity index is 391. The number of carbonyl (C=O) groups excluding carboxylic acids is 1. The van der Waals surface area contributed by atoms with Gasteiger partial charge in [-0.05, 0) is 12.0 Å². The van der Waals surface area contributed by atoms with E-state index in [1.807, 2.05) is 19.9 Å². The van der Waals surface area contributed by atoms with Crippen molar-refractivity contribution in [2.75, 3.05) is 7.05 Å². The Morgan fingerprint density at radius 1 is 1.41 bits per heavy atom. The number of phenolic OH excluding ortho intramolecular Hbond substituents is 1. The first kappa shape index (κ1) is 13.5. The maximum absolute atomic E-state index is 11.9. The van der Waals surface area contributed by atoms with Crippen LogP contribution >= 0.6 is 0 Å². The van der Waals surface area contributed by atoms with Gasteiger partial charge in [-0.25, -0.2) is 0 Å². The minimum atomic E-state index is -0.495. The molecule has 1 amide bonds. The number of para-hydroxylation sites is 1. The number of carbonyl (C=O) groups is 1. The van der Waals surface area contributed by atoms with Crippen molar-refractivity contribution in [2.45, 2.75) is 26.4 Å². The van der Waals surface area contributed by atoms with Gasteiger partial charge in [0.05, 0.1) is 6.04 Å². The van der Waals surface area contributed by atoms with Crippen molar-refractivity contribution in [3.8, 4) is 5.75 Å². The summed E-state index contributed by atoms with van der Waals surface area (Å²) in [6, 6.07) is 6.48. The zero-order valence-electron chi connectivity index (χ0n) is 10.6. The van der Waals surface area contributed by atoms with Crippen molar-refractivity contribution in [3.63, 3.8) is 0 Å². The molecule has 1 atom stereocenters. The Hall–Kier alpha value is -1.55. The van der Waals surface area contributed by atoms with E-state index in [1.165, 1.54) is 0 Å². The third-order valence-corrected chi connectivity index (χ3v) is 2.78. The summed E-state index contributed by atoms with van der Waals surface area (Å²) in [5.74, 6) is 0.197. The average Bonchev–Trinajstić information content (AvgIpc) is 2.30. The molecular formula is C13H20N2O2. The summed E-state index contributed by atoms with van der Waals surface area (Å²) in [4.78, 5) is 13.5. The van der Waals surface area contributed by atoms with E-state index in [-0.39, 0.29) is 17.6 Å². The van der Waals surface area contributed by atoms with Crippen LogP contribution in [0.5, 0.6) is 5.75 Å². The molecule has 0 aliphatic carbocycles. The van der Waals surface area contributed by atoms with Gasteiger partial charge in [0.1, 0.15) is 5.75 Å². The van der Waals surface area contributed by atoms with Crippen molar-refractivity contribution in [1.29, 1.82) is 0 Å². The maximum Gasteiger partial charge on any atom is 0.239 e. The largest absolute Gasteiger partial charge is 0.508 e. The maximum atomic E-state index is 11.9. The highest BCUT2D eigenvalue weighted by atomic mass is 16.3. The first-order chi connectivity index (χ1) is 7.93. The number of hydrogen-bond acceptors (Lipinski definition) is 3. The molecule has 1 aromatic carbocycles. The lowest BCUT2D eigenvalue weighted by Crippen LogP contribution is -2.44. The predicted molar refractivity (Wildman–Crippen MR) is 67.4 cm³/mol. The molecule has 0 radical (unpaired) electrons. The molecule has 4 heteroatoms. The first-order valence-electron chi connectivity index (χ1n) is 5.71. The van der Waals surface area contributed by atoms with Crippen molar-refractivity contribution >= 4 is 5.91 Å². The SMILES string of the molecule is CC(C)[C@H](N)C(=O)N(C)Cc1ccccc1O. The Morgan fingerprint density at radius 2 is 2.00 bits per heavy atom. The molecule has 0 aromatic heterocycles. The number of likely N-dealkylation sites (N-methyl/N-ethyl adjacent to an activating group) is 1. The van der Waals surface area contributed by atoms with E-state index in [4.69, 9.17) is 5.73 Å². The number of rotatable bonds is 4. The summed E-state index contributed by atoms with van der Waals surface area (Å²) in [6.07, 6.45) is 0. The van der Waals surface area contributed by atoms with Crippen molar-refractivity contribution in [3.05, 3.63) is 29.8 Å². The second-order valence-corrected chi connectivity index (χ2v) is 4.59. The van der Waals surface area contributed by atoms with Crippen LogP contribution in [0.1, 0.15) is 19.4 Å². The number of aromatic hydroxyl groups is 1. The molecule has 94 valence electrons. The molecule has 0 heterocycles. The van der Waals surface area contributed by atoms with Gasteiger partial charge in [0, 0.05) is 19.2 Å². The van der Waals surface area contributed by atoms with Gasteiger partial charge >= 0.3 is 0 Å². The van der Waals surface area contributed by atoms with Crippen molar-refractivity contribution in [2.24, 2.45) is 11.7 Å². The first-order valence-corrected chi connectivity index (χ1v) is 5.71. The third-order valence-electron chi connectivity index (χ3n) is 2.78. The average molecular weight is 236 g/mol. The molecule has 0 spiro atoms. The van der Waals surface area contributed by atoms with Gasteiger partial charge in [0.25, 0.3) is 0 Å². The summed E-state index contributed by atoms with van der Waals surface area (Å²) < 4.78 is 0. The topological polar surface area (TPSA) is 66.6 Å². The molecule has 4 nitrogen and oxygen atoms in total. The Morgan fingerprint density at radius 3 is 2.53 bits per heavy atom. The van der Waals surface area contributed by atoms with Crippen LogP contribution in [0.15, 0.2) is 24.3 Å². The molecule has 0 bridgehead atoms. The van der Waals surface area contributed by atoms with Gasteiger partial charge in [-0.15, -0.1) is 0 Å². The van der Waals surface area contributed by atoms with E-state index in [0.717, 1.165) is 5.56 Å². The van der Waals surface area contributed by atoms with E-state index < -0.39 is 6.04 Å². The van der Waals surface area contributed by atoms with Crippen LogP contribution in [0.4, 0.5) is 0 Å². The molecule has 0 aliphatic rings. The standard InChI is InChI=1S/C13H20N2O2/c1-9(2)12(14)13(17)15(3)8-10-6-4-5-7-11(10)16/h4-7,9,12,16H,8,14H2,1-3H3/t12-/m0/s1. The molecule has 1 rings (SSSR count). The lowest BCUT2D eigenvalue weighted by molar-refractivity contribution is -0.132. The molecular weight excluding hydrogens is 216 g/mol. The van der Waals surface area contributed by atoms with Gasteiger partial charge in [0.2, 0.25) is 5.91 Å². The fraction of sp³-hybridized carbons (Fsp3) is 0.462. The van der Waals surface area contributed by atoms with Crippen molar-refractivity contribution in [1.82, 2.24) is 4.90 Å². The van der Waals surface area contributed by atoms with Crippen LogP contribution in [-0.2, 0) is 11.3 Å². The van der Waals surface area contributed by atoms with E-state index in [2.05, 4.69) is 0 Å². The highest BCUT2D eigenvalue weighted by Gasteiger charge is 2.21. The Kier molecular flexibility index (Phi) is 4.52. The smallest absolute Gasteiger partial charge is 0.239 e. The minimum Gasteiger partial charge on any atom is -0.508 e. The van der Waals surface area contributed by atoms with Crippen LogP contribution in [0.3, 0.4) is 0 Å². The van der Waals surface area contributed by atoms with E-state index >= 15 is 0 Å². The van der Waals surface area contributed by atoms with Crippen LogP contribution in [0.2, 0.25) is 0 Å². The number of nitrogens with two attached hydrogens (primary N) is 1. The highest BCUT2D eigenvalue weighted by Crippen LogP contribution is 2.17. The summed E-state index contributed by atoms with van der Waals surface area (Å²) in [6.45, 7) is 4.19. The highest BCUT2D eigenvalue weighted by molar-refractivity contribution is 5.81. The van der Waals surface area contributed by atoms with E-state index in [1.54, 1.807) is 30.1 Å². The van der Waals surface area contributed by atoms with Crippen molar-refractivity contribution < 1.29 is 9.90 Å². The Balaban J connectivity index is 2.70. The summed E-state index contributed by atoms with van der Waals surface area (Å²) in [5.41, 5.74) is 6.52.